The van der Waals surface area contributed by atoms with E-state index in [9.17, 15) is 13.2 Å². The summed E-state index contributed by atoms with van der Waals surface area (Å²) >= 11 is 6.88. The summed E-state index contributed by atoms with van der Waals surface area (Å²) in [5.74, 6) is -0.893. The van der Waals surface area contributed by atoms with Gasteiger partial charge in [-0.3, -0.25) is 4.90 Å². The highest BCUT2D eigenvalue weighted by Crippen LogP contribution is 2.52. The van der Waals surface area contributed by atoms with Crippen LogP contribution in [0.4, 0.5) is 29.2 Å². The first kappa shape index (κ1) is 30.2. The van der Waals surface area contributed by atoms with Crippen molar-refractivity contribution < 1.29 is 31.8 Å². The van der Waals surface area contributed by atoms with E-state index in [1.165, 1.54) is 6.92 Å². The van der Waals surface area contributed by atoms with E-state index < -0.39 is 34.9 Å². The summed E-state index contributed by atoms with van der Waals surface area (Å²) in [4.78, 5) is 17.8. The Morgan fingerprint density at radius 1 is 1.17 bits per heavy atom. The zero-order valence-corrected chi connectivity index (χ0v) is 26.1. The van der Waals surface area contributed by atoms with Crippen molar-refractivity contribution in [1.29, 1.82) is 0 Å². The van der Waals surface area contributed by atoms with Crippen LogP contribution < -0.4 is 25.4 Å². The number of nitrogens with two attached hydrogens (primary N) is 1. The fraction of sp³-hybridized carbons (Fsp3) is 0.581. The summed E-state index contributed by atoms with van der Waals surface area (Å²) in [6.45, 7) is 6.08. The highest BCUT2D eigenvalue weighted by Gasteiger charge is 2.48. The normalized spacial score (nSPS) is 29.0. The van der Waals surface area contributed by atoms with Crippen molar-refractivity contribution in [1.82, 2.24) is 25.2 Å². The third-order valence-electron chi connectivity index (χ3n) is 10.2. The lowest BCUT2D eigenvalue weighted by molar-refractivity contribution is -0.137. The maximum absolute atomic E-state index is 16.9. The molecule has 1 aromatic carbocycles. The molecule has 8 rings (SSSR count). The lowest BCUT2D eigenvalue weighted by Gasteiger charge is -2.42. The van der Waals surface area contributed by atoms with Gasteiger partial charge in [-0.05, 0) is 51.2 Å². The number of nitrogen functional groups attached to an aromatic ring is 1. The average Bonchev–Trinajstić information content (AvgIpc) is 3.56. The van der Waals surface area contributed by atoms with Gasteiger partial charge in [-0.25, -0.2) is 9.37 Å². The van der Waals surface area contributed by atoms with E-state index in [0.717, 1.165) is 38.3 Å². The number of aryl methyl sites for hydroxylation is 1. The van der Waals surface area contributed by atoms with Crippen molar-refractivity contribution in [3.05, 3.63) is 28.0 Å². The van der Waals surface area contributed by atoms with Gasteiger partial charge in [0.25, 0.3) is 0 Å². The van der Waals surface area contributed by atoms with Gasteiger partial charge in [-0.15, -0.1) is 0 Å². The summed E-state index contributed by atoms with van der Waals surface area (Å²) in [6, 6.07) is 1.50. The molecule has 2 bridgehead atoms. The molecule has 246 valence electrons. The number of hydrogen-bond donors (Lipinski definition) is 2. The van der Waals surface area contributed by atoms with Gasteiger partial charge in [0, 0.05) is 37.3 Å². The van der Waals surface area contributed by atoms with E-state index in [4.69, 9.17) is 36.5 Å². The summed E-state index contributed by atoms with van der Waals surface area (Å²) in [7, 11) is 0. The first-order chi connectivity index (χ1) is 22.0. The quantitative estimate of drug-likeness (QED) is 0.381. The van der Waals surface area contributed by atoms with Crippen molar-refractivity contribution in [2.75, 3.05) is 43.5 Å². The van der Waals surface area contributed by atoms with Crippen LogP contribution in [0.5, 0.6) is 11.8 Å². The average molecular weight is 664 g/mol. The first-order valence-corrected chi connectivity index (χ1v) is 16.1. The number of morpholine rings is 1. The summed E-state index contributed by atoms with van der Waals surface area (Å²) in [5, 5.41) is 3.49. The van der Waals surface area contributed by atoms with Crippen molar-refractivity contribution in [3.63, 3.8) is 0 Å². The number of nitrogens with one attached hydrogen (secondary N) is 1. The van der Waals surface area contributed by atoms with Crippen LogP contribution in [-0.2, 0) is 10.9 Å². The molecule has 7 heterocycles. The van der Waals surface area contributed by atoms with E-state index in [1.54, 1.807) is 0 Å². The number of benzene rings is 1. The maximum atomic E-state index is 16.9. The van der Waals surface area contributed by atoms with Gasteiger partial charge in [0.15, 0.2) is 11.6 Å². The number of hydrogen-bond acceptors (Lipinski definition) is 10. The third-order valence-corrected chi connectivity index (χ3v) is 10.6. The van der Waals surface area contributed by atoms with Gasteiger partial charge in [0.1, 0.15) is 29.9 Å². The fourth-order valence-corrected chi connectivity index (χ4v) is 8.58. The van der Waals surface area contributed by atoms with Crippen LogP contribution in [-0.4, -0.2) is 89.1 Å². The van der Waals surface area contributed by atoms with Crippen LogP contribution in [0.2, 0.25) is 5.02 Å². The van der Waals surface area contributed by atoms with Gasteiger partial charge >= 0.3 is 12.2 Å². The van der Waals surface area contributed by atoms with E-state index in [2.05, 4.69) is 25.1 Å². The van der Waals surface area contributed by atoms with E-state index >= 15 is 4.39 Å². The first-order valence-electron chi connectivity index (χ1n) is 15.7. The minimum atomic E-state index is -4.87. The number of rotatable bonds is 4. The maximum Gasteiger partial charge on any atom is 0.418 e. The lowest BCUT2D eigenvalue weighted by atomic mass is 9.98. The molecule has 4 fully saturated rings. The van der Waals surface area contributed by atoms with Crippen LogP contribution in [0, 0.1) is 12.7 Å². The number of fused-ring (bicyclic) bond motifs is 6. The highest BCUT2D eigenvalue weighted by molar-refractivity contribution is 6.36. The van der Waals surface area contributed by atoms with E-state index in [1.807, 2.05) is 6.92 Å². The molecule has 0 saturated carbocycles. The van der Waals surface area contributed by atoms with Gasteiger partial charge in [0.05, 0.1) is 46.5 Å². The molecule has 5 aliphatic heterocycles. The lowest BCUT2D eigenvalue weighted by Crippen LogP contribution is -2.62. The van der Waals surface area contributed by atoms with E-state index in [-0.39, 0.29) is 69.8 Å². The summed E-state index contributed by atoms with van der Waals surface area (Å²) in [5.41, 5.74) is 3.00. The predicted octanol–water partition coefficient (Wildman–Crippen LogP) is 4.73. The van der Waals surface area contributed by atoms with Crippen molar-refractivity contribution in [3.8, 4) is 23.0 Å². The van der Waals surface area contributed by atoms with Crippen molar-refractivity contribution in [2.45, 2.75) is 82.0 Å². The molecule has 2 aromatic heterocycles. The molecule has 0 spiro atoms. The second kappa shape index (κ2) is 10.9. The van der Waals surface area contributed by atoms with Crippen LogP contribution in [0.1, 0.15) is 43.7 Å². The number of aromatic nitrogens is 3. The van der Waals surface area contributed by atoms with Crippen LogP contribution in [0.3, 0.4) is 0 Å². The highest BCUT2D eigenvalue weighted by atomic mass is 35.5. The minimum absolute atomic E-state index is 0.00865. The number of halogens is 5. The Balaban J connectivity index is 1.32. The smallest absolute Gasteiger partial charge is 0.418 e. The molecule has 0 radical (unpaired) electrons. The van der Waals surface area contributed by atoms with Gasteiger partial charge in [0.2, 0.25) is 0 Å². The molecular formula is C31H34ClF4N7O3. The Labute approximate surface area is 267 Å². The zero-order valence-electron chi connectivity index (χ0n) is 25.3. The molecule has 0 aliphatic carbocycles. The Morgan fingerprint density at radius 3 is 2.80 bits per heavy atom. The Hall–Kier alpha value is -3.20. The van der Waals surface area contributed by atoms with E-state index in [0.29, 0.717) is 31.6 Å². The second-order valence-corrected chi connectivity index (χ2v) is 13.4. The molecule has 4 saturated heterocycles. The van der Waals surface area contributed by atoms with Crippen molar-refractivity contribution >= 4 is 34.1 Å². The molecule has 10 nitrogen and oxygen atoms in total. The number of anilines is 2. The monoisotopic (exact) mass is 663 g/mol. The molecular weight excluding hydrogens is 630 g/mol. The number of piperazine rings is 1. The number of pyridine rings is 1. The topological polar surface area (TPSA) is 111 Å². The summed E-state index contributed by atoms with van der Waals surface area (Å²) < 4.78 is 78.6. The SMILES string of the molecule is Cc1cc(N)nc(-c2c(Cl)c3c4c(nc(OC[C@@H]5CC[C@H]6COCCN65)nc4c2F)N2C[C@H]4CC[C@H](N4)[C@H]2[C@H](C)O3)c1C(F)(F)F. The fourth-order valence-electron chi connectivity index (χ4n) is 8.26. The second-order valence-electron chi connectivity index (χ2n) is 13.0. The molecule has 6 atom stereocenters. The zero-order chi connectivity index (χ0) is 32.1. The molecule has 46 heavy (non-hydrogen) atoms. The Kier molecular flexibility index (Phi) is 7.16. The number of ether oxygens (including phenoxy) is 3. The van der Waals surface area contributed by atoms with Crippen molar-refractivity contribution in [2.24, 2.45) is 0 Å². The van der Waals surface area contributed by atoms with Crippen LogP contribution in [0.25, 0.3) is 22.2 Å². The molecule has 3 aromatic rings. The third kappa shape index (κ3) is 4.74. The number of nitrogens with zero attached hydrogens (tertiary/aromatic N) is 5. The molecule has 15 heteroatoms. The minimum Gasteiger partial charge on any atom is -0.486 e. The molecule has 3 N–H and O–H groups in total. The number of alkyl halides is 3. The predicted molar refractivity (Wildman–Crippen MR) is 163 cm³/mol. The largest absolute Gasteiger partial charge is 0.486 e. The standard InChI is InChI=1S/C31H34ClF4N7O3/c1-13-9-19(37)39-25(22(13)31(34,35)36)20-23(32)28-21-26(24(20)33)40-30(45-12-17-5-4-16-11-44-8-7-42(16)17)41-29(21)43-10-15-3-6-18(38-15)27(43)14(2)46-28/h9,14-18,27,38H,3-8,10-12H2,1-2H3,(H2,37,39)/t14-,15+,16-,17-,18-,27+/m0/s1. The Bertz CT molecular complexity index is 1730. The van der Waals surface area contributed by atoms with Gasteiger partial charge in [-0.1, -0.05) is 11.6 Å². The molecule has 0 amide bonds. The van der Waals surface area contributed by atoms with Crippen LogP contribution >= 0.6 is 11.6 Å². The van der Waals surface area contributed by atoms with Gasteiger partial charge in [-0.2, -0.15) is 23.1 Å². The summed E-state index contributed by atoms with van der Waals surface area (Å²) in [6.07, 6.45) is -1.60. The Morgan fingerprint density at radius 2 is 2.00 bits per heavy atom. The molecule has 0 unspecified atom stereocenters. The molecule has 5 aliphatic rings. The van der Waals surface area contributed by atoms with Gasteiger partial charge < -0.3 is 30.2 Å². The van der Waals surface area contributed by atoms with Crippen LogP contribution in [0.15, 0.2) is 6.07 Å².